The first-order valence-corrected chi connectivity index (χ1v) is 4.74. The summed E-state index contributed by atoms with van der Waals surface area (Å²) in [5.41, 5.74) is -1.29. The number of carbonyl (C=O) groups excluding carboxylic acids is 1. The number of hydrogen-bond acceptors (Lipinski definition) is 2. The molecule has 1 aliphatic heterocycles. The van der Waals surface area contributed by atoms with Crippen molar-refractivity contribution in [3.8, 4) is 0 Å². The highest BCUT2D eigenvalue weighted by Gasteiger charge is 2.48. The molecule has 15 heavy (non-hydrogen) atoms. The van der Waals surface area contributed by atoms with Gasteiger partial charge in [0, 0.05) is 6.54 Å². The largest absolute Gasteiger partial charge is 0.471 e. The highest BCUT2D eigenvalue weighted by Crippen LogP contribution is 2.30. The first-order valence-electron chi connectivity index (χ1n) is 4.74. The molecule has 0 saturated carbocycles. The van der Waals surface area contributed by atoms with Crippen molar-refractivity contribution in [1.82, 2.24) is 4.90 Å². The third-order valence-electron chi connectivity index (χ3n) is 2.57. The van der Waals surface area contributed by atoms with Crippen LogP contribution in [-0.4, -0.2) is 40.3 Å². The van der Waals surface area contributed by atoms with Gasteiger partial charge in [-0.2, -0.15) is 13.2 Å². The molecule has 1 N–H and O–H groups in total. The Morgan fingerprint density at radius 1 is 1.40 bits per heavy atom. The van der Waals surface area contributed by atoms with Crippen molar-refractivity contribution in [3.05, 3.63) is 0 Å². The van der Waals surface area contributed by atoms with Crippen LogP contribution < -0.4 is 0 Å². The Morgan fingerprint density at radius 3 is 2.33 bits per heavy atom. The van der Waals surface area contributed by atoms with E-state index in [1.54, 1.807) is 0 Å². The summed E-state index contributed by atoms with van der Waals surface area (Å²) in [5, 5.41) is 9.64. The lowest BCUT2D eigenvalue weighted by atomic mass is 9.96. The molecule has 1 rings (SSSR count). The monoisotopic (exact) mass is 225 g/mol. The Bertz CT molecular complexity index is 257. The van der Waals surface area contributed by atoms with E-state index in [1.165, 1.54) is 13.8 Å². The molecule has 1 amide bonds. The zero-order valence-corrected chi connectivity index (χ0v) is 8.64. The Kier molecular flexibility index (Phi) is 3.00. The average Bonchev–Trinajstić information content (AvgIpc) is 2.47. The van der Waals surface area contributed by atoms with Crippen LogP contribution >= 0.6 is 0 Å². The van der Waals surface area contributed by atoms with E-state index in [1.807, 2.05) is 0 Å². The van der Waals surface area contributed by atoms with Gasteiger partial charge in [0.1, 0.15) is 0 Å². The van der Waals surface area contributed by atoms with Crippen LogP contribution in [0.4, 0.5) is 13.2 Å². The summed E-state index contributed by atoms with van der Waals surface area (Å²) < 4.78 is 36.6. The summed E-state index contributed by atoms with van der Waals surface area (Å²) >= 11 is 0. The van der Waals surface area contributed by atoms with Crippen LogP contribution in [0.25, 0.3) is 0 Å². The van der Waals surface area contributed by atoms with Crippen LogP contribution in [0.5, 0.6) is 0 Å². The maximum absolute atomic E-state index is 12.2. The minimum absolute atomic E-state index is 0.0625. The van der Waals surface area contributed by atoms with Gasteiger partial charge in [-0.15, -0.1) is 0 Å². The van der Waals surface area contributed by atoms with Gasteiger partial charge in [0.2, 0.25) is 0 Å². The molecule has 1 atom stereocenters. The zero-order chi connectivity index (χ0) is 11.9. The van der Waals surface area contributed by atoms with Crippen LogP contribution in [-0.2, 0) is 4.79 Å². The zero-order valence-electron chi connectivity index (χ0n) is 8.64. The van der Waals surface area contributed by atoms with Gasteiger partial charge in [0.25, 0.3) is 0 Å². The van der Waals surface area contributed by atoms with Gasteiger partial charge >= 0.3 is 12.1 Å². The molecule has 6 heteroatoms. The van der Waals surface area contributed by atoms with Gasteiger partial charge < -0.3 is 10.0 Å². The van der Waals surface area contributed by atoms with Crippen molar-refractivity contribution < 1.29 is 23.1 Å². The maximum atomic E-state index is 12.2. The Hall–Kier alpha value is -0.780. The summed E-state index contributed by atoms with van der Waals surface area (Å²) in [6.45, 7) is 2.90. The normalized spacial score (nSPS) is 23.3. The molecule has 0 aromatic heterocycles. The van der Waals surface area contributed by atoms with E-state index in [0.717, 1.165) is 4.90 Å². The molecule has 88 valence electrons. The fourth-order valence-corrected chi connectivity index (χ4v) is 1.91. The number of aliphatic hydroxyl groups is 1. The van der Waals surface area contributed by atoms with E-state index in [9.17, 15) is 23.1 Å². The maximum Gasteiger partial charge on any atom is 0.471 e. The minimum atomic E-state index is -4.85. The van der Waals surface area contributed by atoms with E-state index in [2.05, 4.69) is 0 Å². The molecule has 1 fully saturated rings. The molecule has 0 unspecified atom stereocenters. The van der Waals surface area contributed by atoms with E-state index in [4.69, 9.17) is 0 Å². The molecule has 1 heterocycles. The van der Waals surface area contributed by atoms with Crippen molar-refractivity contribution in [1.29, 1.82) is 0 Å². The Balaban J connectivity index is 2.82. The molecule has 0 aromatic carbocycles. The minimum Gasteiger partial charge on any atom is -0.388 e. The number of carbonyl (C=O) groups is 1. The Labute approximate surface area is 85.9 Å². The topological polar surface area (TPSA) is 40.5 Å². The first kappa shape index (κ1) is 12.3. The van der Waals surface area contributed by atoms with Gasteiger partial charge in [0.15, 0.2) is 0 Å². The number of nitrogens with zero attached hydrogens (tertiary/aromatic N) is 1. The summed E-state index contributed by atoms with van der Waals surface area (Å²) in [5.74, 6) is -1.85. The fraction of sp³-hybridized carbons (Fsp3) is 0.889. The molecular formula is C9H14F3NO2. The fourth-order valence-electron chi connectivity index (χ4n) is 1.91. The molecular weight excluding hydrogens is 211 g/mol. The van der Waals surface area contributed by atoms with E-state index in [-0.39, 0.29) is 6.54 Å². The molecule has 0 bridgehead atoms. The molecule has 1 saturated heterocycles. The van der Waals surface area contributed by atoms with Crippen LogP contribution in [0, 0.1) is 0 Å². The van der Waals surface area contributed by atoms with Gasteiger partial charge in [-0.1, -0.05) is 0 Å². The van der Waals surface area contributed by atoms with Gasteiger partial charge in [-0.25, -0.2) is 0 Å². The van der Waals surface area contributed by atoms with Crippen LogP contribution in [0.3, 0.4) is 0 Å². The third-order valence-corrected chi connectivity index (χ3v) is 2.57. The van der Waals surface area contributed by atoms with Crippen LogP contribution in [0.2, 0.25) is 0 Å². The number of halogens is 3. The number of alkyl halides is 3. The molecule has 0 aliphatic carbocycles. The molecule has 0 radical (unpaired) electrons. The summed E-state index contributed by atoms with van der Waals surface area (Å²) in [4.78, 5) is 11.7. The second-order valence-electron chi connectivity index (χ2n) is 4.31. The van der Waals surface area contributed by atoms with Crippen LogP contribution in [0.1, 0.15) is 26.7 Å². The second kappa shape index (κ2) is 3.66. The number of amides is 1. The number of rotatable bonds is 1. The van der Waals surface area contributed by atoms with Crippen molar-refractivity contribution in [3.63, 3.8) is 0 Å². The molecule has 0 spiro atoms. The highest BCUT2D eigenvalue weighted by atomic mass is 19.4. The lowest BCUT2D eigenvalue weighted by molar-refractivity contribution is -0.189. The lowest BCUT2D eigenvalue weighted by Crippen LogP contribution is -2.52. The van der Waals surface area contributed by atoms with Gasteiger partial charge in [-0.3, -0.25) is 4.79 Å². The predicted octanol–water partition coefficient (Wildman–Crippen LogP) is 1.31. The number of likely N-dealkylation sites (tertiary alicyclic amines) is 1. The molecule has 0 aromatic rings. The van der Waals surface area contributed by atoms with Crippen molar-refractivity contribution in [2.75, 3.05) is 6.54 Å². The first-order chi connectivity index (χ1) is 6.64. The van der Waals surface area contributed by atoms with Gasteiger partial charge in [-0.05, 0) is 26.7 Å². The van der Waals surface area contributed by atoms with E-state index >= 15 is 0 Å². The molecule has 1 aliphatic rings. The van der Waals surface area contributed by atoms with Crippen LogP contribution in [0.15, 0.2) is 0 Å². The number of hydrogen-bond donors (Lipinski definition) is 1. The Morgan fingerprint density at radius 2 is 1.93 bits per heavy atom. The summed E-state index contributed by atoms with van der Waals surface area (Å²) in [6.07, 6.45) is -3.95. The second-order valence-corrected chi connectivity index (χ2v) is 4.31. The quantitative estimate of drug-likeness (QED) is 0.731. The summed E-state index contributed by atoms with van der Waals surface area (Å²) in [6, 6.07) is -0.744. The van der Waals surface area contributed by atoms with Crippen molar-refractivity contribution in [2.24, 2.45) is 0 Å². The third kappa shape index (κ3) is 2.62. The standard InChI is InChI=1S/C9H14F3NO2/c1-8(2,15)6-4-3-5-13(6)7(14)9(10,11)12/h6,15H,3-5H2,1-2H3/t6-/m0/s1. The lowest BCUT2D eigenvalue weighted by Gasteiger charge is -2.34. The van der Waals surface area contributed by atoms with Gasteiger partial charge in [0.05, 0.1) is 11.6 Å². The predicted molar refractivity (Wildman–Crippen MR) is 47.1 cm³/mol. The average molecular weight is 225 g/mol. The SMILES string of the molecule is CC(C)(O)[C@@H]1CCCN1C(=O)C(F)(F)F. The highest BCUT2D eigenvalue weighted by molar-refractivity contribution is 5.82. The summed E-state index contributed by atoms with van der Waals surface area (Å²) in [7, 11) is 0. The molecule has 3 nitrogen and oxygen atoms in total. The van der Waals surface area contributed by atoms with Crippen molar-refractivity contribution in [2.45, 2.75) is 44.5 Å². The van der Waals surface area contributed by atoms with E-state index < -0.39 is 23.7 Å². The smallest absolute Gasteiger partial charge is 0.388 e. The van der Waals surface area contributed by atoms with Crippen molar-refractivity contribution >= 4 is 5.91 Å². The van der Waals surface area contributed by atoms with E-state index in [0.29, 0.717) is 12.8 Å².